The van der Waals surface area contributed by atoms with Crippen LogP contribution in [0.1, 0.15) is 26.2 Å². The maximum Gasteiger partial charge on any atom is 0.338 e. The topological polar surface area (TPSA) is 44.8 Å². The first-order valence-electron chi connectivity index (χ1n) is 6.22. The minimum atomic E-state index is -0.421. The zero-order chi connectivity index (χ0) is 13.3. The lowest BCUT2D eigenvalue weighted by atomic mass is 9.78. The van der Waals surface area contributed by atoms with Crippen molar-refractivity contribution < 1.29 is 19.0 Å². The van der Waals surface area contributed by atoms with Gasteiger partial charge in [-0.15, -0.1) is 0 Å². The van der Waals surface area contributed by atoms with Crippen molar-refractivity contribution in [3.8, 4) is 0 Å². The van der Waals surface area contributed by atoms with Crippen molar-refractivity contribution in [3.63, 3.8) is 0 Å². The predicted molar refractivity (Wildman–Crippen MR) is 66.9 cm³/mol. The van der Waals surface area contributed by atoms with Crippen LogP contribution in [0.4, 0.5) is 0 Å². The van der Waals surface area contributed by atoms with Crippen LogP contribution in [0, 0.1) is 5.92 Å². The van der Waals surface area contributed by atoms with Crippen LogP contribution < -0.4 is 0 Å². The zero-order valence-corrected chi connectivity index (χ0v) is 11.0. The number of hydrogen-bond acceptors (Lipinski definition) is 4. The third kappa shape index (κ3) is 2.22. The summed E-state index contributed by atoms with van der Waals surface area (Å²) >= 11 is 0. The summed E-state index contributed by atoms with van der Waals surface area (Å²) in [6.45, 7) is 9.58. The highest BCUT2D eigenvalue weighted by Crippen LogP contribution is 2.50. The molecule has 4 nitrogen and oxygen atoms in total. The summed E-state index contributed by atoms with van der Waals surface area (Å²) in [5.41, 5.74) is 0.0206. The van der Waals surface area contributed by atoms with Crippen molar-refractivity contribution in [1.82, 2.24) is 0 Å². The van der Waals surface area contributed by atoms with E-state index in [2.05, 4.69) is 13.2 Å². The number of fused-ring (bicyclic) bond motifs is 2. The molecule has 0 aliphatic carbocycles. The molecule has 2 aliphatic rings. The molecule has 18 heavy (non-hydrogen) atoms. The molecule has 0 amide bonds. The number of rotatable bonds is 5. The number of methoxy groups -OCH3 is 1. The summed E-state index contributed by atoms with van der Waals surface area (Å²) in [5.74, 6) is 0.0806. The molecule has 0 aromatic carbocycles. The average Bonchev–Trinajstić information content (AvgIpc) is 2.86. The van der Waals surface area contributed by atoms with E-state index in [1.165, 1.54) is 0 Å². The number of carbonyl (C=O) groups is 1. The van der Waals surface area contributed by atoms with Crippen LogP contribution in [0.25, 0.3) is 0 Å². The van der Waals surface area contributed by atoms with Crippen molar-refractivity contribution in [2.24, 2.45) is 5.92 Å². The highest BCUT2D eigenvalue weighted by Gasteiger charge is 2.55. The van der Waals surface area contributed by atoms with Crippen molar-refractivity contribution in [1.29, 1.82) is 0 Å². The lowest BCUT2D eigenvalue weighted by Gasteiger charge is -2.32. The number of carbonyl (C=O) groups excluding carboxylic acids is 1. The highest BCUT2D eigenvalue weighted by molar-refractivity contribution is 5.87. The molecule has 3 unspecified atom stereocenters. The maximum absolute atomic E-state index is 11.5. The smallest absolute Gasteiger partial charge is 0.338 e. The SMILES string of the molecule is C=C(C)C(=O)OC(=C)C1CC2CCC1(COC)O2. The van der Waals surface area contributed by atoms with Gasteiger partial charge in [0.1, 0.15) is 11.4 Å². The van der Waals surface area contributed by atoms with Gasteiger partial charge in [-0.3, -0.25) is 0 Å². The van der Waals surface area contributed by atoms with Crippen LogP contribution in [0.3, 0.4) is 0 Å². The van der Waals surface area contributed by atoms with Gasteiger partial charge in [-0.25, -0.2) is 4.79 Å². The molecule has 2 saturated heterocycles. The minimum Gasteiger partial charge on any atom is -0.428 e. The van der Waals surface area contributed by atoms with Gasteiger partial charge in [-0.05, 0) is 26.2 Å². The van der Waals surface area contributed by atoms with E-state index in [-0.39, 0.29) is 17.6 Å². The minimum absolute atomic E-state index is 0.0273. The molecule has 2 bridgehead atoms. The molecule has 100 valence electrons. The molecule has 2 fully saturated rings. The van der Waals surface area contributed by atoms with Gasteiger partial charge in [0.2, 0.25) is 0 Å². The van der Waals surface area contributed by atoms with E-state index in [1.54, 1.807) is 14.0 Å². The molecule has 0 aromatic heterocycles. The first-order chi connectivity index (χ1) is 8.48. The molecule has 4 heteroatoms. The normalized spacial score (nSPS) is 33.4. The van der Waals surface area contributed by atoms with Crippen molar-refractivity contribution in [2.45, 2.75) is 37.9 Å². The van der Waals surface area contributed by atoms with Gasteiger partial charge in [0.05, 0.1) is 18.6 Å². The third-order valence-electron chi connectivity index (χ3n) is 3.77. The second-order valence-electron chi connectivity index (χ2n) is 5.20. The highest BCUT2D eigenvalue weighted by atomic mass is 16.6. The van der Waals surface area contributed by atoms with E-state index in [0.717, 1.165) is 19.3 Å². The van der Waals surface area contributed by atoms with Crippen molar-refractivity contribution in [2.75, 3.05) is 13.7 Å². The Morgan fingerprint density at radius 2 is 2.22 bits per heavy atom. The fraction of sp³-hybridized carbons (Fsp3) is 0.643. The predicted octanol–water partition coefficient (Wildman–Crippen LogP) is 2.20. The molecule has 0 aromatic rings. The Labute approximate surface area is 108 Å². The van der Waals surface area contributed by atoms with Crippen molar-refractivity contribution >= 4 is 5.97 Å². The lowest BCUT2D eigenvalue weighted by Crippen LogP contribution is -2.40. The van der Waals surface area contributed by atoms with Crippen LogP contribution in [0.15, 0.2) is 24.5 Å². The molecular formula is C14H20O4. The quantitative estimate of drug-likeness (QED) is 0.427. The Bertz CT molecular complexity index is 387. The molecule has 0 radical (unpaired) electrons. The van der Waals surface area contributed by atoms with Crippen LogP contribution in [0.2, 0.25) is 0 Å². The Kier molecular flexibility index (Phi) is 3.59. The van der Waals surface area contributed by atoms with Crippen molar-refractivity contribution in [3.05, 3.63) is 24.5 Å². The number of esters is 1. The monoisotopic (exact) mass is 252 g/mol. The van der Waals surface area contributed by atoms with Crippen LogP contribution in [0.5, 0.6) is 0 Å². The molecule has 0 N–H and O–H groups in total. The average molecular weight is 252 g/mol. The first kappa shape index (κ1) is 13.3. The Morgan fingerprint density at radius 1 is 1.50 bits per heavy atom. The summed E-state index contributed by atoms with van der Waals surface area (Å²) in [4.78, 5) is 11.5. The van der Waals surface area contributed by atoms with E-state index in [4.69, 9.17) is 14.2 Å². The molecular weight excluding hydrogens is 232 g/mol. The van der Waals surface area contributed by atoms with E-state index in [9.17, 15) is 4.79 Å². The first-order valence-corrected chi connectivity index (χ1v) is 6.22. The van der Waals surface area contributed by atoms with Gasteiger partial charge in [0.25, 0.3) is 0 Å². The molecule has 0 saturated carbocycles. The number of ether oxygens (including phenoxy) is 3. The van der Waals surface area contributed by atoms with Crippen LogP contribution in [-0.2, 0) is 19.0 Å². The fourth-order valence-electron chi connectivity index (χ4n) is 2.91. The molecule has 2 aliphatic heterocycles. The Hall–Kier alpha value is -1.13. The summed E-state index contributed by atoms with van der Waals surface area (Å²) in [5, 5.41) is 0. The number of hydrogen-bond donors (Lipinski definition) is 0. The maximum atomic E-state index is 11.5. The second-order valence-corrected chi connectivity index (χ2v) is 5.20. The lowest BCUT2D eigenvalue weighted by molar-refractivity contribution is -0.137. The molecule has 2 heterocycles. The van der Waals surface area contributed by atoms with Gasteiger partial charge in [0.15, 0.2) is 0 Å². The van der Waals surface area contributed by atoms with E-state index in [1.807, 2.05) is 0 Å². The summed E-state index contributed by atoms with van der Waals surface area (Å²) in [6, 6.07) is 0. The van der Waals surface area contributed by atoms with Gasteiger partial charge in [-0.2, -0.15) is 0 Å². The standard InChI is InChI=1S/C14H20O4/c1-9(2)13(15)17-10(3)12-7-11-5-6-14(12,18-11)8-16-4/h11-12H,1,3,5-8H2,2,4H3. The van der Waals surface area contributed by atoms with Gasteiger partial charge < -0.3 is 14.2 Å². The molecule has 0 spiro atoms. The summed E-state index contributed by atoms with van der Waals surface area (Å²) < 4.78 is 16.5. The van der Waals surface area contributed by atoms with Gasteiger partial charge in [-0.1, -0.05) is 13.2 Å². The fourth-order valence-corrected chi connectivity index (χ4v) is 2.91. The summed E-state index contributed by atoms with van der Waals surface area (Å²) in [7, 11) is 1.66. The second kappa shape index (κ2) is 4.86. The van der Waals surface area contributed by atoms with Gasteiger partial charge >= 0.3 is 5.97 Å². The zero-order valence-electron chi connectivity index (χ0n) is 11.0. The van der Waals surface area contributed by atoms with Crippen LogP contribution in [-0.4, -0.2) is 31.4 Å². The Morgan fingerprint density at radius 3 is 2.78 bits per heavy atom. The third-order valence-corrected chi connectivity index (χ3v) is 3.77. The van der Waals surface area contributed by atoms with Gasteiger partial charge in [0, 0.05) is 12.7 Å². The Balaban J connectivity index is 2.06. The largest absolute Gasteiger partial charge is 0.428 e. The van der Waals surface area contributed by atoms with E-state index < -0.39 is 5.97 Å². The molecule has 3 atom stereocenters. The molecule has 2 rings (SSSR count). The van der Waals surface area contributed by atoms with E-state index >= 15 is 0 Å². The summed E-state index contributed by atoms with van der Waals surface area (Å²) in [6.07, 6.45) is 3.07. The van der Waals surface area contributed by atoms with E-state index in [0.29, 0.717) is 17.9 Å². The van der Waals surface area contributed by atoms with Crippen LogP contribution >= 0.6 is 0 Å².